The Balaban J connectivity index is 1.78. The molecule has 0 aliphatic carbocycles. The fraction of sp³-hybridized carbons (Fsp3) is 0.250. The zero-order chi connectivity index (χ0) is 20.9. The summed E-state index contributed by atoms with van der Waals surface area (Å²) in [6.07, 6.45) is 7.89. The van der Waals surface area contributed by atoms with Crippen molar-refractivity contribution >= 4 is 22.8 Å². The molecule has 2 aromatic heterocycles. The van der Waals surface area contributed by atoms with Gasteiger partial charge in [-0.25, -0.2) is 9.50 Å². The molecule has 0 N–H and O–H groups in total. The van der Waals surface area contributed by atoms with Gasteiger partial charge in [0.05, 0.1) is 30.3 Å². The van der Waals surface area contributed by atoms with Gasteiger partial charge >= 0.3 is 0 Å². The van der Waals surface area contributed by atoms with Gasteiger partial charge in [0.1, 0.15) is 0 Å². The summed E-state index contributed by atoms with van der Waals surface area (Å²) >= 11 is 6.10. The van der Waals surface area contributed by atoms with E-state index in [1.165, 1.54) is 0 Å². The van der Waals surface area contributed by atoms with Crippen molar-refractivity contribution in [1.29, 1.82) is 0 Å². The summed E-state index contributed by atoms with van der Waals surface area (Å²) in [5, 5.41) is 5.59. The van der Waals surface area contributed by atoms with E-state index in [0.29, 0.717) is 5.02 Å². The third-order valence-electron chi connectivity index (χ3n) is 5.10. The van der Waals surface area contributed by atoms with E-state index in [9.17, 15) is 0 Å². The first-order chi connectivity index (χ1) is 14.7. The molecule has 0 saturated carbocycles. The van der Waals surface area contributed by atoms with Crippen LogP contribution in [-0.4, -0.2) is 45.8 Å². The molecule has 0 bridgehead atoms. The SMILES string of the molecule is C=C(C=CC=CC)c1ccc2nc(-c3ccc(Cl)cc3)c(CN3CCOCC3)n2n1. The van der Waals surface area contributed by atoms with Crippen LogP contribution in [0.1, 0.15) is 18.3 Å². The molecule has 3 heterocycles. The molecule has 30 heavy (non-hydrogen) atoms. The van der Waals surface area contributed by atoms with Crippen LogP contribution >= 0.6 is 11.6 Å². The van der Waals surface area contributed by atoms with Crippen LogP contribution in [0.25, 0.3) is 22.5 Å². The average Bonchev–Trinajstić information content (AvgIpc) is 3.12. The summed E-state index contributed by atoms with van der Waals surface area (Å²) in [7, 11) is 0. The molecule has 1 aromatic carbocycles. The lowest BCUT2D eigenvalue weighted by atomic mass is 10.1. The normalized spacial score (nSPS) is 15.5. The lowest BCUT2D eigenvalue weighted by Crippen LogP contribution is -2.36. The second-order valence-electron chi connectivity index (χ2n) is 7.20. The number of allylic oxidation sites excluding steroid dienone is 5. The fourth-order valence-corrected chi connectivity index (χ4v) is 3.60. The molecule has 1 aliphatic heterocycles. The number of morpholine rings is 1. The van der Waals surface area contributed by atoms with E-state index >= 15 is 0 Å². The zero-order valence-electron chi connectivity index (χ0n) is 17.1. The van der Waals surface area contributed by atoms with E-state index in [1.807, 2.05) is 72.1 Å². The number of imidazole rings is 1. The lowest BCUT2D eigenvalue weighted by molar-refractivity contribution is 0.0335. The molecule has 0 spiro atoms. The van der Waals surface area contributed by atoms with Crippen molar-refractivity contribution in [2.45, 2.75) is 13.5 Å². The summed E-state index contributed by atoms with van der Waals surface area (Å²) < 4.78 is 7.46. The zero-order valence-corrected chi connectivity index (χ0v) is 17.8. The number of nitrogens with zero attached hydrogens (tertiary/aromatic N) is 4. The maximum absolute atomic E-state index is 6.10. The highest BCUT2D eigenvalue weighted by Crippen LogP contribution is 2.27. The summed E-state index contributed by atoms with van der Waals surface area (Å²) in [5.74, 6) is 0. The fourth-order valence-electron chi connectivity index (χ4n) is 3.47. The maximum Gasteiger partial charge on any atom is 0.154 e. The number of hydrogen-bond acceptors (Lipinski definition) is 4. The van der Waals surface area contributed by atoms with Crippen molar-refractivity contribution in [3.63, 3.8) is 0 Å². The molecule has 154 valence electrons. The van der Waals surface area contributed by atoms with Gasteiger partial charge in [-0.1, -0.05) is 54.6 Å². The number of hydrogen-bond donors (Lipinski definition) is 0. The Morgan fingerprint density at radius 3 is 2.63 bits per heavy atom. The lowest BCUT2D eigenvalue weighted by Gasteiger charge is -2.26. The second kappa shape index (κ2) is 9.39. The molecule has 5 nitrogen and oxygen atoms in total. The number of aromatic nitrogens is 3. The van der Waals surface area contributed by atoms with Crippen molar-refractivity contribution in [3.05, 3.63) is 83.7 Å². The first kappa shape index (κ1) is 20.5. The molecule has 0 atom stereocenters. The monoisotopic (exact) mass is 420 g/mol. The number of halogens is 1. The van der Waals surface area contributed by atoms with Gasteiger partial charge in [-0.05, 0) is 36.8 Å². The van der Waals surface area contributed by atoms with E-state index in [2.05, 4.69) is 11.5 Å². The Bertz CT molecular complexity index is 1090. The highest BCUT2D eigenvalue weighted by Gasteiger charge is 2.20. The predicted octanol–water partition coefficient (Wildman–Crippen LogP) is 5.03. The Kier molecular flexibility index (Phi) is 6.43. The molecule has 0 unspecified atom stereocenters. The van der Waals surface area contributed by atoms with Gasteiger partial charge in [0, 0.05) is 30.2 Å². The van der Waals surface area contributed by atoms with Gasteiger partial charge in [0.15, 0.2) is 5.65 Å². The van der Waals surface area contributed by atoms with E-state index in [1.54, 1.807) is 0 Å². The standard InChI is InChI=1S/C24H25ClN4O/c1-3-4-5-6-18(2)21-11-12-23-26-24(19-7-9-20(25)10-8-19)22(29(23)27-21)17-28-13-15-30-16-14-28/h3-12H,2,13-17H2,1H3. The molecule has 0 amide bonds. The molecule has 1 saturated heterocycles. The summed E-state index contributed by atoms with van der Waals surface area (Å²) in [6, 6.07) is 11.8. The van der Waals surface area contributed by atoms with Gasteiger partial charge in [-0.15, -0.1) is 0 Å². The topological polar surface area (TPSA) is 42.7 Å². The van der Waals surface area contributed by atoms with Crippen LogP contribution in [-0.2, 0) is 11.3 Å². The summed E-state index contributed by atoms with van der Waals surface area (Å²) in [5.41, 5.74) is 5.51. The van der Waals surface area contributed by atoms with Gasteiger partial charge in [0.25, 0.3) is 0 Å². The van der Waals surface area contributed by atoms with Gasteiger partial charge in [0.2, 0.25) is 0 Å². The highest BCUT2D eigenvalue weighted by molar-refractivity contribution is 6.30. The van der Waals surface area contributed by atoms with Crippen LogP contribution in [0, 0.1) is 0 Å². The first-order valence-electron chi connectivity index (χ1n) is 10.1. The van der Waals surface area contributed by atoms with Crippen LogP contribution in [0.2, 0.25) is 5.02 Å². The van der Waals surface area contributed by atoms with Crippen molar-refractivity contribution in [3.8, 4) is 11.3 Å². The molecule has 1 fully saturated rings. The Morgan fingerprint density at radius 2 is 1.90 bits per heavy atom. The van der Waals surface area contributed by atoms with Crippen molar-refractivity contribution in [2.24, 2.45) is 0 Å². The maximum atomic E-state index is 6.10. The largest absolute Gasteiger partial charge is 0.379 e. The molecule has 6 heteroatoms. The Morgan fingerprint density at radius 1 is 1.13 bits per heavy atom. The van der Waals surface area contributed by atoms with Gasteiger partial charge < -0.3 is 4.74 Å². The van der Waals surface area contributed by atoms with E-state index in [-0.39, 0.29) is 0 Å². The first-order valence-corrected chi connectivity index (χ1v) is 10.5. The van der Waals surface area contributed by atoms with Crippen LogP contribution < -0.4 is 0 Å². The summed E-state index contributed by atoms with van der Waals surface area (Å²) in [4.78, 5) is 7.27. The van der Waals surface area contributed by atoms with Crippen LogP contribution in [0.15, 0.2) is 67.3 Å². The van der Waals surface area contributed by atoms with Crippen molar-refractivity contribution in [1.82, 2.24) is 19.5 Å². The molecule has 4 rings (SSSR count). The minimum Gasteiger partial charge on any atom is -0.379 e. The molecule has 0 radical (unpaired) electrons. The van der Waals surface area contributed by atoms with Crippen molar-refractivity contribution < 1.29 is 4.74 Å². The van der Waals surface area contributed by atoms with Crippen LogP contribution in [0.5, 0.6) is 0 Å². The number of fused-ring (bicyclic) bond motifs is 1. The minimum absolute atomic E-state index is 0.710. The summed E-state index contributed by atoms with van der Waals surface area (Å²) in [6.45, 7) is 10.2. The molecule has 3 aromatic rings. The predicted molar refractivity (Wildman–Crippen MR) is 123 cm³/mol. The highest BCUT2D eigenvalue weighted by atomic mass is 35.5. The number of ether oxygens (including phenoxy) is 1. The van der Waals surface area contributed by atoms with E-state index < -0.39 is 0 Å². The van der Waals surface area contributed by atoms with Crippen molar-refractivity contribution in [2.75, 3.05) is 26.3 Å². The third-order valence-corrected chi connectivity index (χ3v) is 5.35. The Hall–Kier alpha value is -2.73. The molecular weight excluding hydrogens is 396 g/mol. The minimum atomic E-state index is 0.710. The smallest absolute Gasteiger partial charge is 0.154 e. The van der Waals surface area contributed by atoms with Gasteiger partial charge in [-0.3, -0.25) is 4.90 Å². The molecule has 1 aliphatic rings. The average molecular weight is 421 g/mol. The van der Waals surface area contributed by atoms with E-state index in [0.717, 1.165) is 66.7 Å². The van der Waals surface area contributed by atoms with Crippen LogP contribution in [0.4, 0.5) is 0 Å². The molecular formula is C24H25ClN4O. The second-order valence-corrected chi connectivity index (χ2v) is 7.64. The Labute approximate surface area is 181 Å². The quantitative estimate of drug-likeness (QED) is 0.524. The van der Waals surface area contributed by atoms with Crippen LogP contribution in [0.3, 0.4) is 0 Å². The number of rotatable bonds is 6. The third kappa shape index (κ3) is 4.54. The van der Waals surface area contributed by atoms with E-state index in [4.69, 9.17) is 26.4 Å². The number of benzene rings is 1. The van der Waals surface area contributed by atoms with Gasteiger partial charge in [-0.2, -0.15) is 5.10 Å².